The average molecular weight is 585 g/mol. The van der Waals surface area contributed by atoms with E-state index in [9.17, 15) is 14.7 Å². The van der Waals surface area contributed by atoms with Crippen molar-refractivity contribution < 1.29 is 19.5 Å². The van der Waals surface area contributed by atoms with Crippen molar-refractivity contribution >= 4 is 11.9 Å². The van der Waals surface area contributed by atoms with Gasteiger partial charge in [0, 0.05) is 45.1 Å². The number of hydroxylamine groups is 1. The van der Waals surface area contributed by atoms with Gasteiger partial charge in [-0.05, 0) is 61.8 Å². The molecular weight excluding hydrogens is 548 g/mol. The molecule has 2 aliphatic rings. The van der Waals surface area contributed by atoms with Crippen LogP contribution in [0.5, 0.6) is 5.88 Å². The number of piperidine rings is 1. The van der Waals surface area contributed by atoms with Gasteiger partial charge in [-0.1, -0.05) is 42.5 Å². The number of carbonyl (C=O) groups excluding carboxylic acids is 1. The Balaban J connectivity index is 1.05. The van der Waals surface area contributed by atoms with Gasteiger partial charge in [-0.15, -0.1) is 0 Å². The van der Waals surface area contributed by atoms with Gasteiger partial charge in [0.15, 0.2) is 6.29 Å². The van der Waals surface area contributed by atoms with E-state index in [1.807, 2.05) is 54.6 Å². The smallest absolute Gasteiger partial charge is 0.335 e. The van der Waals surface area contributed by atoms with E-state index >= 15 is 0 Å². The molecule has 0 spiro atoms. The summed E-state index contributed by atoms with van der Waals surface area (Å²) in [6, 6.07) is 17.7. The lowest BCUT2D eigenvalue weighted by Gasteiger charge is -2.32. The summed E-state index contributed by atoms with van der Waals surface area (Å²) in [5.41, 5.74) is 5.80. The molecule has 6 rings (SSSR count). The van der Waals surface area contributed by atoms with Crippen molar-refractivity contribution in [3.63, 3.8) is 0 Å². The van der Waals surface area contributed by atoms with E-state index in [-0.39, 0.29) is 17.5 Å². The fourth-order valence-electron chi connectivity index (χ4n) is 5.68. The van der Waals surface area contributed by atoms with Crippen LogP contribution in [0.1, 0.15) is 48.2 Å². The maximum absolute atomic E-state index is 13.4. The summed E-state index contributed by atoms with van der Waals surface area (Å²) in [6.07, 6.45) is 6.99. The van der Waals surface area contributed by atoms with Crippen LogP contribution < -0.4 is 16.1 Å². The third-order valence-electron chi connectivity index (χ3n) is 8.25. The molecule has 11 nitrogen and oxygen atoms in total. The summed E-state index contributed by atoms with van der Waals surface area (Å²) in [5.74, 6) is 0.363. The third-order valence-corrected chi connectivity index (χ3v) is 8.25. The lowest BCUT2D eigenvalue weighted by atomic mass is 9.97. The molecule has 2 aromatic carbocycles. The molecule has 4 heterocycles. The Hall–Kier alpha value is -4.48. The first kappa shape index (κ1) is 28.6. The van der Waals surface area contributed by atoms with Gasteiger partial charge >= 0.3 is 5.69 Å². The molecule has 0 aliphatic carbocycles. The summed E-state index contributed by atoms with van der Waals surface area (Å²) >= 11 is 0. The molecule has 1 unspecified atom stereocenters. The van der Waals surface area contributed by atoms with Gasteiger partial charge in [-0.2, -0.15) is 0 Å². The molecule has 2 aliphatic heterocycles. The first-order valence-corrected chi connectivity index (χ1v) is 14.8. The van der Waals surface area contributed by atoms with Crippen LogP contribution in [-0.2, 0) is 16.1 Å². The number of aromatic hydroxyl groups is 1. The number of hydrogen-bond donors (Lipinski definition) is 2. The van der Waals surface area contributed by atoms with E-state index in [1.165, 1.54) is 17.0 Å². The first-order chi connectivity index (χ1) is 21.0. The van der Waals surface area contributed by atoms with Crippen molar-refractivity contribution in [3.8, 4) is 22.7 Å². The van der Waals surface area contributed by atoms with Crippen molar-refractivity contribution in [3.05, 3.63) is 88.7 Å². The van der Waals surface area contributed by atoms with Gasteiger partial charge in [0.25, 0.3) is 5.91 Å². The Labute approximate surface area is 249 Å². The molecule has 0 radical (unpaired) electrons. The molecule has 1 atom stereocenters. The summed E-state index contributed by atoms with van der Waals surface area (Å²) in [6.45, 7) is 4.37. The topological polar surface area (TPSA) is 124 Å². The van der Waals surface area contributed by atoms with Crippen LogP contribution in [0.3, 0.4) is 0 Å². The number of nitrogens with one attached hydrogen (secondary N) is 1. The number of aromatic nitrogens is 4. The number of amides is 1. The van der Waals surface area contributed by atoms with Crippen molar-refractivity contribution in [1.29, 1.82) is 0 Å². The second kappa shape index (κ2) is 12.8. The molecule has 2 N–H and O–H groups in total. The third kappa shape index (κ3) is 6.32. The summed E-state index contributed by atoms with van der Waals surface area (Å²) in [5, 5.41) is 10.9. The fraction of sp³-hybridized carbons (Fsp3) is 0.375. The number of carbonyl (C=O) groups is 1. The number of rotatable bonds is 8. The van der Waals surface area contributed by atoms with Crippen LogP contribution in [-0.4, -0.2) is 56.1 Å². The molecule has 2 saturated heterocycles. The molecule has 224 valence electrons. The van der Waals surface area contributed by atoms with Crippen molar-refractivity contribution in [2.45, 2.75) is 51.9 Å². The largest absolute Gasteiger partial charge is 0.493 e. The first-order valence-electron chi connectivity index (χ1n) is 14.8. The van der Waals surface area contributed by atoms with Crippen molar-refractivity contribution in [2.75, 3.05) is 24.6 Å². The van der Waals surface area contributed by atoms with Crippen LogP contribution in [0.15, 0.2) is 71.8 Å². The predicted molar refractivity (Wildman–Crippen MR) is 161 cm³/mol. The normalized spacial score (nSPS) is 17.6. The number of ether oxygens (including phenoxy) is 1. The van der Waals surface area contributed by atoms with Crippen LogP contribution in [0.25, 0.3) is 16.8 Å². The standard InChI is InChI=1S/C32H36N6O5/c1-22-30(40)38(27-12-10-25(11-13-27)24-7-3-2-4-8-24)32(41)37(22)21-23-14-16-36(17-15-23)31-33-19-26(20-34-31)29(39)35-43-28-9-5-6-18-42-28/h2-4,7-8,10-13,19-20,23,28,40H,5-6,9,14-18,21H2,1H3,(H,35,39). The van der Waals surface area contributed by atoms with Crippen LogP contribution >= 0.6 is 0 Å². The second-order valence-electron chi connectivity index (χ2n) is 11.1. The minimum Gasteiger partial charge on any atom is -0.493 e. The molecule has 2 aromatic heterocycles. The highest BCUT2D eigenvalue weighted by molar-refractivity contribution is 5.92. The number of hydrogen-bond acceptors (Lipinski definition) is 8. The summed E-state index contributed by atoms with van der Waals surface area (Å²) in [7, 11) is 0. The van der Waals surface area contributed by atoms with E-state index < -0.39 is 12.2 Å². The lowest BCUT2D eigenvalue weighted by molar-refractivity contribution is -0.186. The number of nitrogens with zero attached hydrogens (tertiary/aromatic N) is 5. The van der Waals surface area contributed by atoms with Gasteiger partial charge in [0.2, 0.25) is 11.8 Å². The zero-order valence-electron chi connectivity index (χ0n) is 24.2. The molecule has 43 heavy (non-hydrogen) atoms. The Bertz CT molecular complexity index is 1590. The van der Waals surface area contributed by atoms with Crippen molar-refractivity contribution in [1.82, 2.24) is 24.6 Å². The van der Waals surface area contributed by atoms with Crippen LogP contribution in [0.2, 0.25) is 0 Å². The maximum Gasteiger partial charge on any atom is 0.335 e. The lowest BCUT2D eigenvalue weighted by Crippen LogP contribution is -2.37. The number of benzene rings is 2. The summed E-state index contributed by atoms with van der Waals surface area (Å²) < 4.78 is 8.50. The Morgan fingerprint density at radius 2 is 1.70 bits per heavy atom. The molecule has 1 amide bonds. The molecule has 0 bridgehead atoms. The Morgan fingerprint density at radius 3 is 2.37 bits per heavy atom. The van der Waals surface area contributed by atoms with Crippen LogP contribution in [0.4, 0.5) is 5.95 Å². The highest BCUT2D eigenvalue weighted by Gasteiger charge is 2.25. The molecular formula is C32H36N6O5. The Morgan fingerprint density at radius 1 is 1.00 bits per heavy atom. The van der Waals surface area contributed by atoms with Gasteiger partial charge in [0.1, 0.15) is 0 Å². The predicted octanol–water partition coefficient (Wildman–Crippen LogP) is 4.21. The molecule has 2 fully saturated rings. The van der Waals surface area contributed by atoms with E-state index in [4.69, 9.17) is 9.57 Å². The highest BCUT2D eigenvalue weighted by Crippen LogP contribution is 2.27. The fourth-order valence-corrected chi connectivity index (χ4v) is 5.68. The quantitative estimate of drug-likeness (QED) is 0.295. The molecule has 4 aromatic rings. The van der Waals surface area contributed by atoms with Crippen molar-refractivity contribution in [2.24, 2.45) is 5.92 Å². The SMILES string of the molecule is Cc1c(O)n(-c2ccc(-c3ccccc3)cc2)c(=O)n1CC1CCN(c2ncc(C(=O)NOC3CCCCO3)cn2)CC1. The monoisotopic (exact) mass is 584 g/mol. The van der Waals surface area contributed by atoms with Crippen LogP contribution in [0, 0.1) is 12.8 Å². The molecule has 11 heteroatoms. The van der Waals surface area contributed by atoms with Gasteiger partial charge in [-0.25, -0.2) is 29.6 Å². The number of anilines is 1. The van der Waals surface area contributed by atoms with E-state index in [1.54, 1.807) is 11.5 Å². The second-order valence-corrected chi connectivity index (χ2v) is 11.1. The van der Waals surface area contributed by atoms with E-state index in [0.717, 1.165) is 56.3 Å². The van der Waals surface area contributed by atoms with E-state index in [2.05, 4.69) is 20.3 Å². The van der Waals surface area contributed by atoms with Gasteiger partial charge in [0.05, 0.1) is 16.9 Å². The minimum atomic E-state index is -0.423. The average Bonchev–Trinajstić information content (AvgIpc) is 3.27. The maximum atomic E-state index is 13.4. The van der Waals surface area contributed by atoms with Gasteiger partial charge in [-0.3, -0.25) is 9.36 Å². The summed E-state index contributed by atoms with van der Waals surface area (Å²) in [4.78, 5) is 42.1. The minimum absolute atomic E-state index is 0.0379. The molecule has 0 saturated carbocycles. The number of imidazole rings is 1. The van der Waals surface area contributed by atoms with E-state index in [0.29, 0.717) is 36.0 Å². The Kier molecular flexibility index (Phi) is 8.52. The zero-order valence-corrected chi connectivity index (χ0v) is 24.2. The van der Waals surface area contributed by atoms with Gasteiger partial charge < -0.3 is 14.7 Å². The zero-order chi connectivity index (χ0) is 29.8. The highest BCUT2D eigenvalue weighted by atomic mass is 16.8.